The van der Waals surface area contributed by atoms with Gasteiger partial charge >= 0.3 is 10.1 Å². The Morgan fingerprint density at radius 3 is 2.04 bits per heavy atom. The highest BCUT2D eigenvalue weighted by atomic mass is 32.2. The van der Waals surface area contributed by atoms with Crippen molar-refractivity contribution in [3.05, 3.63) is 48.5 Å². The summed E-state index contributed by atoms with van der Waals surface area (Å²) in [5.74, 6) is 1.02. The van der Waals surface area contributed by atoms with Crippen molar-refractivity contribution in [2.75, 3.05) is 20.2 Å². The number of hydrogen-bond acceptors (Lipinski definition) is 6. The third-order valence-electron chi connectivity index (χ3n) is 4.64. The highest BCUT2D eigenvalue weighted by Crippen LogP contribution is 2.26. The fraction of sp³-hybridized carbons (Fsp3) is 0.368. The number of sulfonamides is 1. The third-order valence-corrected chi connectivity index (χ3v) is 7.78. The molecule has 1 unspecified atom stereocenters. The van der Waals surface area contributed by atoms with Gasteiger partial charge in [-0.25, -0.2) is 8.42 Å². The van der Waals surface area contributed by atoms with Gasteiger partial charge in [-0.3, -0.25) is 0 Å². The van der Waals surface area contributed by atoms with Crippen LogP contribution in [0.15, 0.2) is 58.3 Å². The standard InChI is InChI=1S/C19H23NO6S2/c1-15-4-3-13-20(14-15)27(21,22)18-9-11-19(12-10-18)28(23,24)26-17-7-5-16(25-2)6-8-17/h5-12,15H,3-4,13-14H2,1-2H3. The Kier molecular flexibility index (Phi) is 5.97. The Labute approximate surface area is 166 Å². The monoisotopic (exact) mass is 425 g/mol. The molecule has 0 amide bonds. The molecule has 152 valence electrons. The molecule has 1 heterocycles. The molecule has 1 atom stereocenters. The zero-order valence-electron chi connectivity index (χ0n) is 15.7. The molecule has 1 aliphatic heterocycles. The quantitative estimate of drug-likeness (QED) is 0.661. The number of nitrogens with zero attached hydrogens (tertiary/aromatic N) is 1. The van der Waals surface area contributed by atoms with Crippen molar-refractivity contribution < 1.29 is 25.8 Å². The summed E-state index contributed by atoms with van der Waals surface area (Å²) in [7, 11) is -6.21. The Morgan fingerprint density at radius 2 is 1.46 bits per heavy atom. The maximum absolute atomic E-state index is 12.8. The van der Waals surface area contributed by atoms with Crippen molar-refractivity contribution in [2.45, 2.75) is 29.6 Å². The molecule has 7 nitrogen and oxygen atoms in total. The van der Waals surface area contributed by atoms with E-state index >= 15 is 0 Å². The van der Waals surface area contributed by atoms with E-state index in [2.05, 4.69) is 0 Å². The van der Waals surface area contributed by atoms with E-state index in [1.807, 2.05) is 6.92 Å². The molecule has 28 heavy (non-hydrogen) atoms. The number of piperidine rings is 1. The normalized spacial score (nSPS) is 18.6. The SMILES string of the molecule is COc1ccc(OS(=O)(=O)c2ccc(S(=O)(=O)N3CCCC(C)C3)cc2)cc1. The average molecular weight is 426 g/mol. The summed E-state index contributed by atoms with van der Waals surface area (Å²) in [6, 6.07) is 11.2. The Bertz CT molecular complexity index is 1020. The summed E-state index contributed by atoms with van der Waals surface area (Å²) >= 11 is 0. The van der Waals surface area contributed by atoms with Crippen molar-refractivity contribution in [3.8, 4) is 11.5 Å². The maximum atomic E-state index is 12.8. The van der Waals surface area contributed by atoms with Crippen LogP contribution in [0.1, 0.15) is 19.8 Å². The number of ether oxygens (including phenoxy) is 1. The Hall–Kier alpha value is -2.10. The minimum atomic E-state index is -4.08. The molecule has 0 radical (unpaired) electrons. The van der Waals surface area contributed by atoms with E-state index in [0.29, 0.717) is 24.8 Å². The molecule has 0 bridgehead atoms. The van der Waals surface area contributed by atoms with E-state index in [9.17, 15) is 16.8 Å². The third kappa shape index (κ3) is 4.48. The minimum absolute atomic E-state index is 0.0741. The van der Waals surface area contributed by atoms with Gasteiger partial charge in [0.25, 0.3) is 0 Å². The van der Waals surface area contributed by atoms with Gasteiger partial charge in [-0.15, -0.1) is 0 Å². The summed E-state index contributed by atoms with van der Waals surface area (Å²) in [6.07, 6.45) is 1.83. The van der Waals surface area contributed by atoms with Gasteiger partial charge in [0, 0.05) is 13.1 Å². The van der Waals surface area contributed by atoms with Crippen LogP contribution in [0.4, 0.5) is 0 Å². The lowest BCUT2D eigenvalue weighted by Crippen LogP contribution is -2.39. The van der Waals surface area contributed by atoms with Crippen LogP contribution in [-0.4, -0.2) is 41.3 Å². The second kappa shape index (κ2) is 8.10. The first-order chi connectivity index (χ1) is 13.2. The van der Waals surface area contributed by atoms with Crippen LogP contribution >= 0.6 is 0 Å². The average Bonchev–Trinajstić information content (AvgIpc) is 2.68. The van der Waals surface area contributed by atoms with Crippen molar-refractivity contribution in [3.63, 3.8) is 0 Å². The van der Waals surface area contributed by atoms with Gasteiger partial charge in [-0.2, -0.15) is 12.7 Å². The molecule has 9 heteroatoms. The molecular formula is C19H23NO6S2. The summed E-state index contributed by atoms with van der Waals surface area (Å²) in [6.45, 7) is 2.98. The first-order valence-corrected chi connectivity index (χ1v) is 11.8. The van der Waals surface area contributed by atoms with E-state index in [1.165, 1.54) is 47.8 Å². The number of hydrogen-bond donors (Lipinski definition) is 0. The predicted molar refractivity (Wildman–Crippen MR) is 104 cm³/mol. The van der Waals surface area contributed by atoms with Crippen molar-refractivity contribution in [2.24, 2.45) is 5.92 Å². The number of benzene rings is 2. The highest BCUT2D eigenvalue weighted by Gasteiger charge is 2.29. The number of rotatable bonds is 6. The Balaban J connectivity index is 1.78. The molecule has 2 aromatic rings. The van der Waals surface area contributed by atoms with Gasteiger partial charge in [0.1, 0.15) is 16.4 Å². The second-order valence-corrected chi connectivity index (χ2v) is 10.3. The van der Waals surface area contributed by atoms with E-state index in [-0.39, 0.29) is 15.5 Å². The van der Waals surface area contributed by atoms with Gasteiger partial charge < -0.3 is 8.92 Å². The largest absolute Gasteiger partial charge is 0.497 e. The second-order valence-electron chi connectivity index (χ2n) is 6.79. The fourth-order valence-electron chi connectivity index (χ4n) is 3.10. The zero-order chi connectivity index (χ0) is 20.4. The van der Waals surface area contributed by atoms with E-state index in [4.69, 9.17) is 8.92 Å². The number of methoxy groups -OCH3 is 1. The lowest BCUT2D eigenvalue weighted by molar-refractivity contribution is 0.281. The predicted octanol–water partition coefficient (Wildman–Crippen LogP) is 2.88. The van der Waals surface area contributed by atoms with Crippen LogP contribution in [-0.2, 0) is 20.1 Å². The van der Waals surface area contributed by atoms with E-state index in [1.54, 1.807) is 12.1 Å². The van der Waals surface area contributed by atoms with Crippen LogP contribution in [0.2, 0.25) is 0 Å². The lowest BCUT2D eigenvalue weighted by atomic mass is 10.0. The van der Waals surface area contributed by atoms with Crippen LogP contribution in [0, 0.1) is 5.92 Å². The van der Waals surface area contributed by atoms with Gasteiger partial charge in [-0.05, 0) is 67.3 Å². The Morgan fingerprint density at radius 1 is 0.893 bits per heavy atom. The molecule has 1 aliphatic rings. The summed E-state index contributed by atoms with van der Waals surface area (Å²) in [4.78, 5) is -0.0423. The van der Waals surface area contributed by atoms with E-state index in [0.717, 1.165) is 12.8 Å². The van der Waals surface area contributed by atoms with Gasteiger partial charge in [0.05, 0.1) is 12.0 Å². The summed E-state index contributed by atoms with van der Waals surface area (Å²) in [5, 5.41) is 0. The maximum Gasteiger partial charge on any atom is 0.339 e. The van der Waals surface area contributed by atoms with Crippen LogP contribution in [0.3, 0.4) is 0 Å². The van der Waals surface area contributed by atoms with Crippen LogP contribution in [0.5, 0.6) is 11.5 Å². The van der Waals surface area contributed by atoms with E-state index < -0.39 is 20.1 Å². The van der Waals surface area contributed by atoms with Crippen molar-refractivity contribution in [1.29, 1.82) is 0 Å². The summed E-state index contributed by atoms with van der Waals surface area (Å²) < 4.78 is 62.0. The lowest BCUT2D eigenvalue weighted by Gasteiger charge is -2.30. The molecule has 2 aromatic carbocycles. The molecule has 0 aromatic heterocycles. The zero-order valence-corrected chi connectivity index (χ0v) is 17.4. The summed E-state index contributed by atoms with van der Waals surface area (Å²) in [5.41, 5.74) is 0. The van der Waals surface area contributed by atoms with Crippen LogP contribution in [0.25, 0.3) is 0 Å². The molecule has 0 aliphatic carbocycles. The van der Waals surface area contributed by atoms with Gasteiger partial charge in [0.2, 0.25) is 10.0 Å². The van der Waals surface area contributed by atoms with Crippen molar-refractivity contribution in [1.82, 2.24) is 4.31 Å². The van der Waals surface area contributed by atoms with Gasteiger partial charge in [0.15, 0.2) is 0 Å². The molecule has 0 N–H and O–H groups in total. The van der Waals surface area contributed by atoms with Crippen molar-refractivity contribution >= 4 is 20.1 Å². The highest BCUT2D eigenvalue weighted by molar-refractivity contribution is 7.89. The molecular weight excluding hydrogens is 402 g/mol. The first kappa shape index (κ1) is 20.6. The first-order valence-electron chi connectivity index (χ1n) is 8.91. The topological polar surface area (TPSA) is 90.0 Å². The fourth-order valence-corrected chi connectivity index (χ4v) is 5.63. The molecule has 1 fully saturated rings. The van der Waals surface area contributed by atoms with Crippen LogP contribution < -0.4 is 8.92 Å². The minimum Gasteiger partial charge on any atom is -0.497 e. The molecule has 1 saturated heterocycles. The molecule has 3 rings (SSSR count). The molecule has 0 saturated carbocycles. The smallest absolute Gasteiger partial charge is 0.339 e. The van der Waals surface area contributed by atoms with Gasteiger partial charge in [-0.1, -0.05) is 6.92 Å². The molecule has 0 spiro atoms.